The molecule has 2 aromatic rings. The summed E-state index contributed by atoms with van der Waals surface area (Å²) in [6.07, 6.45) is 0.282. The van der Waals surface area contributed by atoms with Gasteiger partial charge < -0.3 is 5.11 Å². The van der Waals surface area contributed by atoms with Gasteiger partial charge in [0.1, 0.15) is 11.6 Å². The maximum atomic E-state index is 13.6. The van der Waals surface area contributed by atoms with Gasteiger partial charge in [-0.05, 0) is 30.2 Å². The van der Waals surface area contributed by atoms with Crippen molar-refractivity contribution < 1.29 is 13.9 Å². The van der Waals surface area contributed by atoms with E-state index in [9.17, 15) is 13.9 Å². The van der Waals surface area contributed by atoms with Gasteiger partial charge in [-0.1, -0.05) is 41.9 Å². The van der Waals surface area contributed by atoms with Crippen molar-refractivity contribution >= 4 is 11.6 Å². The van der Waals surface area contributed by atoms with E-state index in [1.165, 1.54) is 18.2 Å². The molecule has 4 heteroatoms. The van der Waals surface area contributed by atoms with Gasteiger partial charge in [-0.15, -0.1) is 0 Å². The molecule has 1 N–H and O–H groups in total. The Kier molecular flexibility index (Phi) is 4.41. The summed E-state index contributed by atoms with van der Waals surface area (Å²) in [6.45, 7) is 1.58. The molecule has 0 bridgehead atoms. The number of hydrogen-bond donors (Lipinski definition) is 1. The quantitative estimate of drug-likeness (QED) is 0.898. The van der Waals surface area contributed by atoms with Crippen LogP contribution in [0.25, 0.3) is 0 Å². The number of hydrogen-bond acceptors (Lipinski definition) is 1. The van der Waals surface area contributed by atoms with Gasteiger partial charge in [0.25, 0.3) is 0 Å². The van der Waals surface area contributed by atoms with Crippen molar-refractivity contribution in [2.45, 2.75) is 25.4 Å². The normalized spacial score (nSPS) is 14.1. The summed E-state index contributed by atoms with van der Waals surface area (Å²) in [4.78, 5) is 0. The molecule has 0 aromatic heterocycles. The van der Waals surface area contributed by atoms with Crippen LogP contribution in [0.2, 0.25) is 5.02 Å². The lowest BCUT2D eigenvalue weighted by Crippen LogP contribution is -2.30. The Balaban J connectivity index is 2.19. The predicted molar refractivity (Wildman–Crippen MR) is 75.8 cm³/mol. The summed E-state index contributed by atoms with van der Waals surface area (Å²) in [5.74, 6) is -0.885. The minimum atomic E-state index is -1.21. The molecule has 1 nitrogen and oxygen atoms in total. The van der Waals surface area contributed by atoms with E-state index in [2.05, 4.69) is 0 Å². The van der Waals surface area contributed by atoms with E-state index in [0.717, 1.165) is 0 Å². The maximum Gasteiger partial charge on any atom is 0.142 e. The number of benzene rings is 2. The Hall–Kier alpha value is -1.45. The topological polar surface area (TPSA) is 20.2 Å². The molecule has 0 saturated carbocycles. The number of rotatable bonds is 4. The average molecular weight is 297 g/mol. The van der Waals surface area contributed by atoms with Crippen molar-refractivity contribution in [3.8, 4) is 0 Å². The molecule has 0 heterocycles. The van der Waals surface area contributed by atoms with E-state index in [1.807, 2.05) is 0 Å². The largest absolute Gasteiger partial charge is 0.389 e. The average Bonchev–Trinajstić information content (AvgIpc) is 2.37. The van der Waals surface area contributed by atoms with Crippen molar-refractivity contribution in [1.82, 2.24) is 0 Å². The highest BCUT2D eigenvalue weighted by atomic mass is 35.5. The summed E-state index contributed by atoms with van der Waals surface area (Å²) in [5, 5.41) is 10.4. The van der Waals surface area contributed by atoms with E-state index >= 15 is 0 Å². The molecular formula is C16H15ClF2O. The van der Waals surface area contributed by atoms with Crippen molar-refractivity contribution in [3.05, 3.63) is 70.2 Å². The highest BCUT2D eigenvalue weighted by Crippen LogP contribution is 2.26. The lowest BCUT2D eigenvalue weighted by Gasteiger charge is -2.24. The van der Waals surface area contributed by atoms with Gasteiger partial charge in [-0.25, -0.2) is 8.78 Å². The summed E-state index contributed by atoms with van der Waals surface area (Å²) in [7, 11) is 0. The van der Waals surface area contributed by atoms with Gasteiger partial charge >= 0.3 is 0 Å². The molecule has 0 radical (unpaired) electrons. The van der Waals surface area contributed by atoms with E-state index in [1.54, 1.807) is 31.2 Å². The second-order valence-electron chi connectivity index (χ2n) is 5.15. The van der Waals surface area contributed by atoms with E-state index in [0.29, 0.717) is 11.1 Å². The molecule has 0 amide bonds. The van der Waals surface area contributed by atoms with Crippen LogP contribution in [0.4, 0.5) is 8.78 Å². The molecule has 20 heavy (non-hydrogen) atoms. The third-order valence-corrected chi connectivity index (χ3v) is 3.56. The summed E-state index contributed by atoms with van der Waals surface area (Å²) < 4.78 is 27.0. The Morgan fingerprint density at radius 2 is 1.50 bits per heavy atom. The molecule has 1 unspecified atom stereocenters. The standard InChI is InChI=1S/C16H15ClF2O/c1-16(20,9-11-5-2-3-7-13(11)18)10-12-6-4-8-14(19)15(12)17/h2-8,20H,9-10H2,1H3. The zero-order chi connectivity index (χ0) is 14.8. The summed E-state index contributed by atoms with van der Waals surface area (Å²) >= 11 is 5.87. The van der Waals surface area contributed by atoms with Crippen LogP contribution in [0.1, 0.15) is 18.1 Å². The number of halogens is 3. The smallest absolute Gasteiger partial charge is 0.142 e. The molecule has 2 rings (SSSR count). The zero-order valence-corrected chi connectivity index (χ0v) is 11.8. The zero-order valence-electron chi connectivity index (χ0n) is 11.0. The Morgan fingerprint density at radius 1 is 0.950 bits per heavy atom. The lowest BCUT2D eigenvalue weighted by atomic mass is 9.89. The molecular weight excluding hydrogens is 282 g/mol. The van der Waals surface area contributed by atoms with Gasteiger partial charge in [0.05, 0.1) is 10.6 Å². The van der Waals surface area contributed by atoms with Crippen molar-refractivity contribution in [2.75, 3.05) is 0 Å². The maximum absolute atomic E-state index is 13.6. The molecule has 1 atom stereocenters. The first-order valence-electron chi connectivity index (χ1n) is 6.28. The Bertz CT molecular complexity index is 611. The van der Waals surface area contributed by atoms with Gasteiger partial charge in [0.15, 0.2) is 0 Å². The second-order valence-corrected chi connectivity index (χ2v) is 5.53. The molecule has 0 aliphatic rings. The van der Waals surface area contributed by atoms with Gasteiger partial charge in [-0.3, -0.25) is 0 Å². The lowest BCUT2D eigenvalue weighted by molar-refractivity contribution is 0.0599. The molecule has 106 valence electrons. The third-order valence-electron chi connectivity index (χ3n) is 3.13. The van der Waals surface area contributed by atoms with Crippen LogP contribution in [0, 0.1) is 11.6 Å². The van der Waals surface area contributed by atoms with Crippen molar-refractivity contribution in [1.29, 1.82) is 0 Å². The van der Waals surface area contributed by atoms with Crippen molar-refractivity contribution in [3.63, 3.8) is 0 Å². The SMILES string of the molecule is CC(O)(Cc1ccccc1F)Cc1cccc(F)c1Cl. The molecule has 0 aliphatic heterocycles. The van der Waals surface area contributed by atoms with E-state index < -0.39 is 11.4 Å². The fourth-order valence-electron chi connectivity index (χ4n) is 2.21. The molecule has 0 saturated heterocycles. The highest BCUT2D eigenvalue weighted by Gasteiger charge is 2.24. The molecule has 0 spiro atoms. The third kappa shape index (κ3) is 3.56. The summed E-state index contributed by atoms with van der Waals surface area (Å²) in [5.41, 5.74) is -0.280. The first-order valence-corrected chi connectivity index (χ1v) is 6.65. The van der Waals surface area contributed by atoms with Crippen LogP contribution in [0.5, 0.6) is 0 Å². The van der Waals surface area contributed by atoms with E-state index in [4.69, 9.17) is 11.6 Å². The fourth-order valence-corrected chi connectivity index (χ4v) is 2.40. The van der Waals surface area contributed by atoms with Crippen LogP contribution in [-0.4, -0.2) is 10.7 Å². The first kappa shape index (κ1) is 14.9. The van der Waals surface area contributed by atoms with Crippen LogP contribution in [-0.2, 0) is 12.8 Å². The molecule has 2 aromatic carbocycles. The van der Waals surface area contributed by atoms with Gasteiger partial charge in [-0.2, -0.15) is 0 Å². The first-order chi connectivity index (χ1) is 9.39. The molecule has 0 aliphatic carbocycles. The van der Waals surface area contributed by atoms with Crippen molar-refractivity contribution in [2.24, 2.45) is 0 Å². The van der Waals surface area contributed by atoms with Crippen LogP contribution >= 0.6 is 11.6 Å². The Labute approximate surface area is 121 Å². The van der Waals surface area contributed by atoms with E-state index in [-0.39, 0.29) is 23.7 Å². The minimum Gasteiger partial charge on any atom is -0.389 e. The predicted octanol–water partition coefficient (Wildman–Crippen LogP) is 4.15. The van der Waals surface area contributed by atoms with Crippen LogP contribution < -0.4 is 0 Å². The fraction of sp³-hybridized carbons (Fsp3) is 0.250. The second kappa shape index (κ2) is 5.90. The molecule has 0 fully saturated rings. The monoisotopic (exact) mass is 296 g/mol. The van der Waals surface area contributed by atoms with Gasteiger partial charge in [0, 0.05) is 12.8 Å². The minimum absolute atomic E-state index is 0.00121. The number of aliphatic hydroxyl groups is 1. The van der Waals surface area contributed by atoms with Crippen LogP contribution in [0.3, 0.4) is 0 Å². The Morgan fingerprint density at radius 3 is 2.20 bits per heavy atom. The van der Waals surface area contributed by atoms with Gasteiger partial charge in [0.2, 0.25) is 0 Å². The van der Waals surface area contributed by atoms with Crippen LogP contribution in [0.15, 0.2) is 42.5 Å². The summed E-state index contributed by atoms with van der Waals surface area (Å²) in [6, 6.07) is 10.7. The highest BCUT2D eigenvalue weighted by molar-refractivity contribution is 6.31.